The van der Waals surface area contributed by atoms with Gasteiger partial charge in [-0.15, -0.1) is 0 Å². The van der Waals surface area contributed by atoms with Gasteiger partial charge in [-0.1, -0.05) is 6.07 Å². The number of aromatic nitrogens is 2. The van der Waals surface area contributed by atoms with Crippen molar-refractivity contribution in [3.63, 3.8) is 0 Å². The highest BCUT2D eigenvalue weighted by molar-refractivity contribution is 9.10. The lowest BCUT2D eigenvalue weighted by atomic mass is 9.97. The third kappa shape index (κ3) is 1.89. The number of fused-ring (bicyclic) bond motifs is 1. The number of piperidine rings is 1. The molecule has 0 spiro atoms. The molecule has 90 valence electrons. The molecule has 0 atom stereocenters. The summed E-state index contributed by atoms with van der Waals surface area (Å²) >= 11 is 3.61. The van der Waals surface area contributed by atoms with E-state index >= 15 is 0 Å². The molecule has 0 amide bonds. The smallest absolute Gasteiger partial charge is 0.112 e. The Bertz CT molecular complexity index is 541. The number of benzene rings is 1. The van der Waals surface area contributed by atoms with Crippen LogP contribution in [0, 0.1) is 0 Å². The lowest BCUT2D eigenvalue weighted by Crippen LogP contribution is -2.27. The molecule has 4 heteroatoms. The lowest BCUT2D eigenvalue weighted by Gasteiger charge is -2.22. The van der Waals surface area contributed by atoms with Gasteiger partial charge in [0.05, 0.1) is 11.0 Å². The van der Waals surface area contributed by atoms with Crippen LogP contribution in [0.1, 0.15) is 24.6 Å². The van der Waals surface area contributed by atoms with Crippen molar-refractivity contribution < 1.29 is 0 Å². The number of hydrogen-bond donors (Lipinski definition) is 1. The van der Waals surface area contributed by atoms with Crippen LogP contribution >= 0.6 is 15.9 Å². The quantitative estimate of drug-likeness (QED) is 0.876. The fourth-order valence-electron chi connectivity index (χ4n) is 2.68. The van der Waals surface area contributed by atoms with Crippen LogP contribution in [-0.2, 0) is 7.05 Å². The summed E-state index contributed by atoms with van der Waals surface area (Å²) in [6.07, 6.45) is 2.38. The van der Waals surface area contributed by atoms with Gasteiger partial charge in [-0.3, -0.25) is 0 Å². The minimum atomic E-state index is 0.598. The molecule has 3 rings (SSSR count). The van der Waals surface area contributed by atoms with E-state index in [2.05, 4.69) is 45.0 Å². The maximum atomic E-state index is 4.80. The zero-order chi connectivity index (χ0) is 11.8. The Balaban J connectivity index is 2.10. The van der Waals surface area contributed by atoms with Gasteiger partial charge in [0.1, 0.15) is 5.82 Å². The van der Waals surface area contributed by atoms with Gasteiger partial charge in [0.25, 0.3) is 0 Å². The molecule has 0 unspecified atom stereocenters. The zero-order valence-corrected chi connectivity index (χ0v) is 11.5. The van der Waals surface area contributed by atoms with Gasteiger partial charge in [0.2, 0.25) is 0 Å². The van der Waals surface area contributed by atoms with Gasteiger partial charge in [0, 0.05) is 17.4 Å². The first-order valence-electron chi connectivity index (χ1n) is 6.09. The molecule has 2 aromatic rings. The number of nitrogens with one attached hydrogen (secondary N) is 1. The lowest BCUT2D eigenvalue weighted by molar-refractivity contribution is 0.438. The van der Waals surface area contributed by atoms with Crippen LogP contribution in [-0.4, -0.2) is 22.6 Å². The van der Waals surface area contributed by atoms with Crippen molar-refractivity contribution in [1.82, 2.24) is 14.9 Å². The van der Waals surface area contributed by atoms with E-state index in [1.807, 2.05) is 6.07 Å². The van der Waals surface area contributed by atoms with Crippen molar-refractivity contribution in [3.05, 3.63) is 28.5 Å². The zero-order valence-electron chi connectivity index (χ0n) is 9.91. The third-order valence-corrected chi connectivity index (χ3v) is 4.22. The Labute approximate surface area is 109 Å². The third-order valence-electron chi connectivity index (χ3n) is 3.58. The van der Waals surface area contributed by atoms with Crippen LogP contribution < -0.4 is 5.32 Å². The van der Waals surface area contributed by atoms with Crippen LogP contribution in [0.4, 0.5) is 0 Å². The number of aryl methyl sites for hydroxylation is 1. The molecule has 1 aliphatic heterocycles. The number of nitrogens with zero attached hydrogens (tertiary/aromatic N) is 2. The summed E-state index contributed by atoms with van der Waals surface area (Å²) in [6, 6.07) is 6.21. The molecule has 17 heavy (non-hydrogen) atoms. The van der Waals surface area contributed by atoms with Crippen molar-refractivity contribution in [3.8, 4) is 0 Å². The van der Waals surface area contributed by atoms with Crippen molar-refractivity contribution in [2.24, 2.45) is 7.05 Å². The normalized spacial score (nSPS) is 17.8. The highest BCUT2D eigenvalue weighted by Crippen LogP contribution is 2.30. The first-order valence-corrected chi connectivity index (χ1v) is 6.88. The first-order chi connectivity index (χ1) is 8.27. The summed E-state index contributed by atoms with van der Waals surface area (Å²) in [4.78, 5) is 4.80. The molecule has 0 bridgehead atoms. The number of rotatable bonds is 1. The standard InChI is InChI=1S/C13H16BrN3/c1-17-12-10(14)3-2-4-11(12)16-13(17)9-5-7-15-8-6-9/h2-4,9,15H,5-8H2,1H3. The van der Waals surface area contributed by atoms with Gasteiger partial charge < -0.3 is 9.88 Å². The van der Waals surface area contributed by atoms with E-state index in [0.29, 0.717) is 5.92 Å². The molecule has 2 heterocycles. The van der Waals surface area contributed by atoms with E-state index in [0.717, 1.165) is 23.1 Å². The Kier molecular flexibility index (Phi) is 2.92. The molecule has 0 aliphatic carbocycles. The average Bonchev–Trinajstić information content (AvgIpc) is 2.69. The molecular formula is C13H16BrN3. The van der Waals surface area contributed by atoms with E-state index in [1.54, 1.807) is 0 Å². The van der Waals surface area contributed by atoms with Gasteiger partial charge in [-0.25, -0.2) is 4.98 Å². The SMILES string of the molecule is Cn1c(C2CCNCC2)nc2cccc(Br)c21. The van der Waals surface area contributed by atoms with Crippen LogP contribution in [0.2, 0.25) is 0 Å². The average molecular weight is 294 g/mol. The Morgan fingerprint density at radius 3 is 2.82 bits per heavy atom. The molecule has 1 N–H and O–H groups in total. The summed E-state index contributed by atoms with van der Waals surface area (Å²) in [5.74, 6) is 1.83. The van der Waals surface area contributed by atoms with Crippen LogP contribution in [0.3, 0.4) is 0 Å². The van der Waals surface area contributed by atoms with E-state index in [1.165, 1.54) is 24.2 Å². The molecular weight excluding hydrogens is 278 g/mol. The second kappa shape index (κ2) is 4.42. The topological polar surface area (TPSA) is 29.9 Å². The van der Waals surface area contributed by atoms with Crippen LogP contribution in [0.5, 0.6) is 0 Å². The van der Waals surface area contributed by atoms with Gasteiger partial charge in [-0.05, 0) is 54.0 Å². The van der Waals surface area contributed by atoms with Gasteiger partial charge in [0.15, 0.2) is 0 Å². The number of hydrogen-bond acceptors (Lipinski definition) is 2. The minimum absolute atomic E-state index is 0.598. The van der Waals surface area contributed by atoms with Crippen molar-refractivity contribution in [2.75, 3.05) is 13.1 Å². The van der Waals surface area contributed by atoms with Crippen LogP contribution in [0.25, 0.3) is 11.0 Å². The van der Waals surface area contributed by atoms with Crippen molar-refractivity contribution in [2.45, 2.75) is 18.8 Å². The van der Waals surface area contributed by atoms with E-state index < -0.39 is 0 Å². The molecule has 1 aromatic heterocycles. The van der Waals surface area contributed by atoms with E-state index in [-0.39, 0.29) is 0 Å². The summed E-state index contributed by atoms with van der Waals surface area (Å²) in [7, 11) is 2.12. The van der Waals surface area contributed by atoms with E-state index in [4.69, 9.17) is 4.98 Å². The maximum Gasteiger partial charge on any atom is 0.112 e. The monoisotopic (exact) mass is 293 g/mol. The highest BCUT2D eigenvalue weighted by Gasteiger charge is 2.21. The molecule has 1 aromatic carbocycles. The molecule has 1 fully saturated rings. The Morgan fingerprint density at radius 1 is 1.35 bits per heavy atom. The van der Waals surface area contributed by atoms with Crippen LogP contribution in [0.15, 0.2) is 22.7 Å². The molecule has 0 radical (unpaired) electrons. The van der Waals surface area contributed by atoms with Crippen molar-refractivity contribution in [1.29, 1.82) is 0 Å². The predicted molar refractivity (Wildman–Crippen MR) is 73.3 cm³/mol. The summed E-state index contributed by atoms with van der Waals surface area (Å²) < 4.78 is 3.38. The first kappa shape index (κ1) is 11.2. The Hall–Kier alpha value is -0.870. The number of halogens is 1. The predicted octanol–water partition coefficient (Wildman–Crippen LogP) is 2.80. The largest absolute Gasteiger partial charge is 0.330 e. The second-order valence-corrected chi connectivity index (χ2v) is 5.52. The Morgan fingerprint density at radius 2 is 2.12 bits per heavy atom. The molecule has 3 nitrogen and oxygen atoms in total. The van der Waals surface area contributed by atoms with Gasteiger partial charge in [-0.2, -0.15) is 0 Å². The highest BCUT2D eigenvalue weighted by atomic mass is 79.9. The fraction of sp³-hybridized carbons (Fsp3) is 0.462. The molecule has 0 saturated carbocycles. The maximum absolute atomic E-state index is 4.80. The van der Waals surface area contributed by atoms with E-state index in [9.17, 15) is 0 Å². The molecule has 1 aliphatic rings. The number of imidazole rings is 1. The van der Waals surface area contributed by atoms with Gasteiger partial charge >= 0.3 is 0 Å². The summed E-state index contributed by atoms with van der Waals surface area (Å²) in [5.41, 5.74) is 2.30. The second-order valence-electron chi connectivity index (χ2n) is 4.66. The summed E-state index contributed by atoms with van der Waals surface area (Å²) in [5, 5.41) is 3.40. The van der Waals surface area contributed by atoms with Crippen molar-refractivity contribution >= 4 is 27.0 Å². The minimum Gasteiger partial charge on any atom is -0.330 e. The summed E-state index contributed by atoms with van der Waals surface area (Å²) in [6.45, 7) is 2.21. The number of para-hydroxylation sites is 1. The molecule has 1 saturated heterocycles. The fourth-order valence-corrected chi connectivity index (χ4v) is 3.31.